The van der Waals surface area contributed by atoms with Crippen LogP contribution in [0.2, 0.25) is 0 Å². The predicted octanol–water partition coefficient (Wildman–Crippen LogP) is 3.90. The smallest absolute Gasteiger partial charge is 0.292 e. The Kier molecular flexibility index (Phi) is 5.58. The third-order valence-electron chi connectivity index (χ3n) is 5.15. The first-order valence-corrected chi connectivity index (χ1v) is 9.13. The summed E-state index contributed by atoms with van der Waals surface area (Å²) < 4.78 is 10.6. The molecule has 0 spiro atoms. The Morgan fingerprint density at radius 1 is 1.44 bits per heavy atom. The topological polar surface area (TPSA) is 79.7 Å². The standard InChI is InChI=1S/C19H26N2O4/c1-3-13(4-2)15-12-18(25-20-15)19(23)21-9-5-7-14(21)11-16(22)17-8-6-10-24-17/h6,8,10,12-14,16,22H,3-5,7,9,11H2,1-2H3. The van der Waals surface area contributed by atoms with E-state index in [-0.39, 0.29) is 11.9 Å². The quantitative estimate of drug-likeness (QED) is 0.822. The number of carbonyl (C=O) groups excluding carboxylic acids is 1. The van der Waals surface area contributed by atoms with Crippen molar-refractivity contribution in [3.05, 3.63) is 41.7 Å². The molecule has 2 unspecified atom stereocenters. The van der Waals surface area contributed by atoms with E-state index >= 15 is 0 Å². The van der Waals surface area contributed by atoms with Crippen LogP contribution in [0.5, 0.6) is 0 Å². The number of furan rings is 1. The molecule has 3 heterocycles. The summed E-state index contributed by atoms with van der Waals surface area (Å²) in [5, 5.41) is 14.4. The number of hydrogen-bond acceptors (Lipinski definition) is 5. The van der Waals surface area contributed by atoms with Crippen LogP contribution in [0.15, 0.2) is 33.4 Å². The lowest BCUT2D eigenvalue weighted by Crippen LogP contribution is -2.36. The van der Waals surface area contributed by atoms with Crippen LogP contribution in [0, 0.1) is 0 Å². The van der Waals surface area contributed by atoms with Gasteiger partial charge >= 0.3 is 0 Å². The molecule has 1 aliphatic rings. The second-order valence-electron chi connectivity index (χ2n) is 6.69. The zero-order valence-electron chi connectivity index (χ0n) is 14.9. The molecule has 1 N–H and O–H groups in total. The number of aromatic nitrogens is 1. The van der Waals surface area contributed by atoms with Gasteiger partial charge in [0.25, 0.3) is 5.91 Å². The van der Waals surface area contributed by atoms with Gasteiger partial charge in [0.05, 0.1) is 12.0 Å². The summed E-state index contributed by atoms with van der Waals surface area (Å²) in [5.41, 5.74) is 0.847. The Morgan fingerprint density at radius 2 is 2.24 bits per heavy atom. The fourth-order valence-corrected chi connectivity index (χ4v) is 3.63. The van der Waals surface area contributed by atoms with Gasteiger partial charge in [0.1, 0.15) is 11.9 Å². The number of likely N-dealkylation sites (tertiary alicyclic amines) is 1. The monoisotopic (exact) mass is 346 g/mol. The van der Waals surface area contributed by atoms with E-state index in [1.165, 1.54) is 0 Å². The van der Waals surface area contributed by atoms with Gasteiger partial charge in [0.2, 0.25) is 5.76 Å². The van der Waals surface area contributed by atoms with Crippen LogP contribution in [-0.2, 0) is 0 Å². The fraction of sp³-hybridized carbons (Fsp3) is 0.579. The lowest BCUT2D eigenvalue weighted by Gasteiger charge is -2.25. The zero-order chi connectivity index (χ0) is 17.8. The maximum absolute atomic E-state index is 12.8. The lowest BCUT2D eigenvalue weighted by molar-refractivity contribution is 0.0604. The average molecular weight is 346 g/mol. The van der Waals surface area contributed by atoms with E-state index in [1.54, 1.807) is 29.4 Å². The van der Waals surface area contributed by atoms with Crippen molar-refractivity contribution in [1.29, 1.82) is 0 Å². The number of nitrogens with zero attached hydrogens (tertiary/aromatic N) is 2. The molecule has 1 saturated heterocycles. The first kappa shape index (κ1) is 17.7. The molecule has 0 saturated carbocycles. The summed E-state index contributed by atoms with van der Waals surface area (Å²) in [6.45, 7) is 4.89. The van der Waals surface area contributed by atoms with Gasteiger partial charge in [-0.1, -0.05) is 19.0 Å². The van der Waals surface area contributed by atoms with Gasteiger partial charge in [0.15, 0.2) is 0 Å². The second kappa shape index (κ2) is 7.87. The van der Waals surface area contributed by atoms with Gasteiger partial charge < -0.3 is 18.9 Å². The molecule has 136 valence electrons. The van der Waals surface area contributed by atoms with Crippen molar-refractivity contribution in [2.75, 3.05) is 6.54 Å². The fourth-order valence-electron chi connectivity index (χ4n) is 3.63. The Hall–Kier alpha value is -2.08. The van der Waals surface area contributed by atoms with E-state index in [0.29, 0.717) is 30.4 Å². The lowest BCUT2D eigenvalue weighted by atomic mass is 9.99. The third kappa shape index (κ3) is 3.79. The molecule has 6 heteroatoms. The van der Waals surface area contributed by atoms with Crippen molar-refractivity contribution in [3.8, 4) is 0 Å². The molecule has 0 aromatic carbocycles. The van der Waals surface area contributed by atoms with Crippen molar-refractivity contribution in [1.82, 2.24) is 10.1 Å². The predicted molar refractivity (Wildman–Crippen MR) is 92.2 cm³/mol. The van der Waals surface area contributed by atoms with Crippen LogP contribution in [-0.4, -0.2) is 33.7 Å². The highest BCUT2D eigenvalue weighted by Gasteiger charge is 2.33. The molecule has 0 radical (unpaired) electrons. The number of hydrogen-bond donors (Lipinski definition) is 1. The average Bonchev–Trinajstić information content (AvgIpc) is 3.37. The second-order valence-corrected chi connectivity index (χ2v) is 6.69. The molecule has 1 fully saturated rings. The van der Waals surface area contributed by atoms with E-state index in [2.05, 4.69) is 19.0 Å². The minimum Gasteiger partial charge on any atom is -0.467 e. The molecule has 2 aromatic heterocycles. The van der Waals surface area contributed by atoms with Crippen molar-refractivity contribution in [2.45, 2.75) is 64.0 Å². The minimum atomic E-state index is -0.705. The number of aliphatic hydroxyl groups is 1. The van der Waals surface area contributed by atoms with Crippen molar-refractivity contribution >= 4 is 5.91 Å². The third-order valence-corrected chi connectivity index (χ3v) is 5.15. The maximum atomic E-state index is 12.8. The van der Waals surface area contributed by atoms with E-state index in [0.717, 1.165) is 31.4 Å². The van der Waals surface area contributed by atoms with E-state index < -0.39 is 6.10 Å². The van der Waals surface area contributed by atoms with Crippen LogP contribution in [0.4, 0.5) is 0 Å². The van der Waals surface area contributed by atoms with Gasteiger partial charge in [-0.3, -0.25) is 4.79 Å². The van der Waals surface area contributed by atoms with Gasteiger partial charge in [-0.15, -0.1) is 0 Å². The summed E-state index contributed by atoms with van der Waals surface area (Å²) >= 11 is 0. The molecule has 0 bridgehead atoms. The van der Waals surface area contributed by atoms with Crippen LogP contribution >= 0.6 is 0 Å². The number of rotatable bonds is 7. The summed E-state index contributed by atoms with van der Waals surface area (Å²) in [4.78, 5) is 14.6. The molecule has 6 nitrogen and oxygen atoms in total. The van der Waals surface area contributed by atoms with Gasteiger partial charge in [-0.25, -0.2) is 0 Å². The Bertz CT molecular complexity index is 675. The van der Waals surface area contributed by atoms with E-state index in [1.807, 2.05) is 0 Å². The molecule has 25 heavy (non-hydrogen) atoms. The molecule has 2 atom stereocenters. The molecule has 1 aliphatic heterocycles. The summed E-state index contributed by atoms with van der Waals surface area (Å²) in [7, 11) is 0. The molecular weight excluding hydrogens is 320 g/mol. The normalized spacial score (nSPS) is 18.9. The maximum Gasteiger partial charge on any atom is 0.292 e. The summed E-state index contributed by atoms with van der Waals surface area (Å²) in [6, 6.07) is 5.27. The SMILES string of the molecule is CCC(CC)c1cc(C(=O)N2CCCC2CC(O)c2ccco2)on1. The summed E-state index contributed by atoms with van der Waals surface area (Å²) in [5.74, 6) is 1.01. The Labute approximate surface area is 147 Å². The summed E-state index contributed by atoms with van der Waals surface area (Å²) in [6.07, 6.45) is 5.04. The number of amides is 1. The Balaban J connectivity index is 1.68. The van der Waals surface area contributed by atoms with Crippen molar-refractivity contribution in [3.63, 3.8) is 0 Å². The minimum absolute atomic E-state index is 0.0192. The van der Waals surface area contributed by atoms with Crippen molar-refractivity contribution in [2.24, 2.45) is 0 Å². The van der Waals surface area contributed by atoms with Crippen molar-refractivity contribution < 1.29 is 18.8 Å². The first-order valence-electron chi connectivity index (χ1n) is 9.13. The number of carbonyl (C=O) groups is 1. The molecule has 3 rings (SSSR count). The van der Waals surface area contributed by atoms with Gasteiger partial charge in [-0.05, 0) is 37.8 Å². The highest BCUT2D eigenvalue weighted by molar-refractivity contribution is 5.91. The Morgan fingerprint density at radius 3 is 2.92 bits per heavy atom. The van der Waals surface area contributed by atoms with E-state index in [4.69, 9.17) is 8.94 Å². The van der Waals surface area contributed by atoms with E-state index in [9.17, 15) is 9.90 Å². The zero-order valence-corrected chi connectivity index (χ0v) is 14.9. The number of aliphatic hydroxyl groups excluding tert-OH is 1. The molecular formula is C19H26N2O4. The first-order chi connectivity index (χ1) is 12.1. The molecule has 1 amide bonds. The molecule has 2 aromatic rings. The van der Waals surface area contributed by atoms with Gasteiger partial charge in [-0.2, -0.15) is 0 Å². The van der Waals surface area contributed by atoms with Crippen LogP contribution < -0.4 is 0 Å². The van der Waals surface area contributed by atoms with Crippen LogP contribution in [0.1, 0.15) is 80.0 Å². The van der Waals surface area contributed by atoms with Crippen LogP contribution in [0.25, 0.3) is 0 Å². The van der Waals surface area contributed by atoms with Gasteiger partial charge in [0, 0.05) is 31.0 Å². The van der Waals surface area contributed by atoms with Crippen LogP contribution in [0.3, 0.4) is 0 Å². The highest BCUT2D eigenvalue weighted by Crippen LogP contribution is 2.30. The largest absolute Gasteiger partial charge is 0.467 e. The highest BCUT2D eigenvalue weighted by atomic mass is 16.5. The molecule has 0 aliphatic carbocycles.